The summed E-state index contributed by atoms with van der Waals surface area (Å²) in [5, 5.41) is 6.03. The number of amides is 1. The number of hydrogen-bond acceptors (Lipinski definition) is 4. The number of benzene rings is 3. The summed E-state index contributed by atoms with van der Waals surface area (Å²) in [7, 11) is 1.54. The molecule has 0 atom stereocenters. The Morgan fingerprint density at radius 3 is 2.33 bits per heavy atom. The van der Waals surface area contributed by atoms with Crippen molar-refractivity contribution in [1.29, 1.82) is 0 Å². The van der Waals surface area contributed by atoms with Crippen molar-refractivity contribution in [2.45, 2.75) is 13.5 Å². The Morgan fingerprint density at radius 1 is 1.00 bits per heavy atom. The summed E-state index contributed by atoms with van der Waals surface area (Å²) in [6, 6.07) is 17.2. The van der Waals surface area contributed by atoms with Gasteiger partial charge in [0.25, 0.3) is 5.91 Å². The molecule has 0 spiro atoms. The summed E-state index contributed by atoms with van der Waals surface area (Å²) in [5.41, 5.74) is 3.35. The molecule has 0 aliphatic carbocycles. The topological polar surface area (TPSA) is 59.6 Å². The summed E-state index contributed by atoms with van der Waals surface area (Å²) in [6.45, 7) is 2.19. The molecule has 1 amide bonds. The van der Waals surface area contributed by atoms with E-state index in [0.29, 0.717) is 23.7 Å². The zero-order valence-electron chi connectivity index (χ0n) is 16.7. The Kier molecular flexibility index (Phi) is 7.30. The minimum Gasteiger partial charge on any atom is -0.493 e. The highest BCUT2D eigenvalue weighted by atomic mass is 79.9. The quantitative estimate of drug-likeness (QED) is 0.452. The van der Waals surface area contributed by atoms with Gasteiger partial charge in [-0.25, -0.2) is 4.39 Å². The van der Waals surface area contributed by atoms with Crippen LogP contribution in [0.4, 0.5) is 15.8 Å². The number of carbonyl (C=O) groups is 1. The molecule has 3 aromatic rings. The van der Waals surface area contributed by atoms with Gasteiger partial charge in [-0.15, -0.1) is 0 Å². The molecule has 3 rings (SSSR count). The molecule has 30 heavy (non-hydrogen) atoms. The number of methoxy groups -OCH3 is 1. The van der Waals surface area contributed by atoms with E-state index >= 15 is 0 Å². The number of carbonyl (C=O) groups excluding carboxylic acids is 1. The van der Waals surface area contributed by atoms with Crippen LogP contribution in [0.2, 0.25) is 0 Å². The van der Waals surface area contributed by atoms with E-state index in [1.165, 1.54) is 12.1 Å². The summed E-state index contributed by atoms with van der Waals surface area (Å²) < 4.78 is 25.2. The van der Waals surface area contributed by atoms with Crippen molar-refractivity contribution in [3.63, 3.8) is 0 Å². The van der Waals surface area contributed by atoms with E-state index in [4.69, 9.17) is 9.47 Å². The molecule has 0 saturated carbocycles. The van der Waals surface area contributed by atoms with Crippen LogP contribution in [-0.2, 0) is 11.3 Å². The van der Waals surface area contributed by atoms with Gasteiger partial charge < -0.3 is 20.1 Å². The number of nitrogens with one attached hydrogen (secondary N) is 2. The Labute approximate surface area is 183 Å². The molecular formula is C23H22BrFN2O3. The maximum absolute atomic E-state index is 13.1. The van der Waals surface area contributed by atoms with Gasteiger partial charge in [0.15, 0.2) is 18.1 Å². The summed E-state index contributed by atoms with van der Waals surface area (Å²) >= 11 is 3.53. The lowest BCUT2D eigenvalue weighted by Crippen LogP contribution is -2.21. The van der Waals surface area contributed by atoms with Crippen molar-refractivity contribution in [3.8, 4) is 11.5 Å². The predicted octanol–water partition coefficient (Wildman–Crippen LogP) is 5.53. The van der Waals surface area contributed by atoms with Gasteiger partial charge in [-0.1, -0.05) is 33.6 Å². The lowest BCUT2D eigenvalue weighted by molar-refractivity contribution is -0.118. The van der Waals surface area contributed by atoms with Gasteiger partial charge in [-0.3, -0.25) is 4.79 Å². The highest BCUT2D eigenvalue weighted by molar-refractivity contribution is 9.10. The van der Waals surface area contributed by atoms with Crippen molar-refractivity contribution in [1.82, 2.24) is 0 Å². The molecule has 0 saturated heterocycles. The maximum Gasteiger partial charge on any atom is 0.262 e. The molecule has 7 heteroatoms. The molecule has 0 aromatic heterocycles. The first-order valence-electron chi connectivity index (χ1n) is 9.30. The Bertz CT molecular complexity index is 1010. The third-order valence-corrected chi connectivity index (χ3v) is 5.13. The maximum atomic E-state index is 13.1. The molecule has 5 nitrogen and oxygen atoms in total. The third-order valence-electron chi connectivity index (χ3n) is 4.38. The van der Waals surface area contributed by atoms with Crippen LogP contribution in [-0.4, -0.2) is 19.6 Å². The molecule has 156 valence electrons. The molecule has 0 heterocycles. The molecule has 3 aromatic carbocycles. The van der Waals surface area contributed by atoms with Crippen LogP contribution in [0.5, 0.6) is 11.5 Å². The average Bonchev–Trinajstić information content (AvgIpc) is 2.74. The Balaban J connectivity index is 1.71. The highest BCUT2D eigenvalue weighted by Gasteiger charge is 2.16. The highest BCUT2D eigenvalue weighted by Crippen LogP contribution is 2.36. The van der Waals surface area contributed by atoms with E-state index < -0.39 is 0 Å². The average molecular weight is 473 g/mol. The second kappa shape index (κ2) is 10.1. The number of rotatable bonds is 8. The fourth-order valence-corrected chi connectivity index (χ4v) is 3.25. The van der Waals surface area contributed by atoms with E-state index in [1.807, 2.05) is 37.3 Å². The zero-order valence-corrected chi connectivity index (χ0v) is 18.3. The minimum atomic E-state index is -0.299. The number of ether oxygens (including phenoxy) is 2. The van der Waals surface area contributed by atoms with Crippen LogP contribution in [0.1, 0.15) is 11.1 Å². The zero-order chi connectivity index (χ0) is 21.5. The fourth-order valence-electron chi connectivity index (χ4n) is 2.80. The van der Waals surface area contributed by atoms with Crippen LogP contribution < -0.4 is 20.1 Å². The van der Waals surface area contributed by atoms with E-state index in [0.717, 1.165) is 21.3 Å². The first-order chi connectivity index (χ1) is 14.5. The molecule has 0 fully saturated rings. The molecule has 2 N–H and O–H groups in total. The second-order valence-corrected chi connectivity index (χ2v) is 7.47. The van der Waals surface area contributed by atoms with Gasteiger partial charge in [0.05, 0.1) is 7.11 Å². The monoisotopic (exact) mass is 472 g/mol. The van der Waals surface area contributed by atoms with Gasteiger partial charge >= 0.3 is 0 Å². The van der Waals surface area contributed by atoms with Gasteiger partial charge in [-0.05, 0) is 55.5 Å². The molecule has 0 bridgehead atoms. The first-order valence-corrected chi connectivity index (χ1v) is 10.1. The summed E-state index contributed by atoms with van der Waals surface area (Å²) in [5.74, 6) is 0.392. The summed E-state index contributed by atoms with van der Waals surface area (Å²) in [6.07, 6.45) is 0. The SMILES string of the molecule is COc1ccc(Br)c(CNc2ccc(F)cc2)c1OCC(=O)Nc1ccc(C)cc1. The lowest BCUT2D eigenvalue weighted by atomic mass is 10.1. The lowest BCUT2D eigenvalue weighted by Gasteiger charge is -2.17. The van der Waals surface area contributed by atoms with Gasteiger partial charge in [0, 0.05) is 28.0 Å². The number of aryl methyl sites for hydroxylation is 1. The minimum absolute atomic E-state index is 0.176. The number of halogens is 2. The molecule has 0 radical (unpaired) electrons. The standard InChI is InChI=1S/C23H22BrFN2O3/c1-15-3-7-18(8-4-15)27-22(28)14-30-23-19(20(24)11-12-21(23)29-2)13-26-17-9-5-16(25)6-10-17/h3-12,26H,13-14H2,1-2H3,(H,27,28). The molecule has 0 aliphatic rings. The van der Waals surface area contributed by atoms with Gasteiger partial charge in [0.2, 0.25) is 0 Å². The van der Waals surface area contributed by atoms with Crippen LogP contribution in [0.15, 0.2) is 65.1 Å². The van der Waals surface area contributed by atoms with Crippen LogP contribution >= 0.6 is 15.9 Å². The van der Waals surface area contributed by atoms with Crippen LogP contribution in [0.25, 0.3) is 0 Å². The third kappa shape index (κ3) is 5.73. The molecule has 0 aliphatic heterocycles. The molecular weight excluding hydrogens is 451 g/mol. The fraction of sp³-hybridized carbons (Fsp3) is 0.174. The van der Waals surface area contributed by atoms with Crippen molar-refractivity contribution in [2.24, 2.45) is 0 Å². The van der Waals surface area contributed by atoms with Crippen molar-refractivity contribution >= 4 is 33.2 Å². The van der Waals surface area contributed by atoms with Gasteiger partial charge in [0.1, 0.15) is 5.82 Å². The van der Waals surface area contributed by atoms with Crippen LogP contribution in [0.3, 0.4) is 0 Å². The summed E-state index contributed by atoms with van der Waals surface area (Å²) in [4.78, 5) is 12.3. The van der Waals surface area contributed by atoms with E-state index in [-0.39, 0.29) is 18.3 Å². The van der Waals surface area contributed by atoms with Crippen molar-refractivity contribution in [2.75, 3.05) is 24.4 Å². The van der Waals surface area contributed by atoms with Crippen molar-refractivity contribution in [3.05, 3.63) is 82.1 Å². The predicted molar refractivity (Wildman–Crippen MR) is 120 cm³/mol. The van der Waals surface area contributed by atoms with E-state index in [9.17, 15) is 9.18 Å². The Hall–Kier alpha value is -3.06. The number of anilines is 2. The van der Waals surface area contributed by atoms with E-state index in [1.54, 1.807) is 25.3 Å². The number of hydrogen-bond donors (Lipinski definition) is 2. The first kappa shape index (κ1) is 21.6. The Morgan fingerprint density at radius 2 is 1.67 bits per heavy atom. The second-order valence-electron chi connectivity index (χ2n) is 6.62. The van der Waals surface area contributed by atoms with E-state index in [2.05, 4.69) is 26.6 Å². The van der Waals surface area contributed by atoms with Crippen LogP contribution in [0, 0.1) is 12.7 Å². The van der Waals surface area contributed by atoms with Crippen molar-refractivity contribution < 1.29 is 18.7 Å². The van der Waals surface area contributed by atoms with Gasteiger partial charge in [-0.2, -0.15) is 0 Å². The normalized spacial score (nSPS) is 10.4. The molecule has 0 unspecified atom stereocenters. The smallest absolute Gasteiger partial charge is 0.262 e. The largest absolute Gasteiger partial charge is 0.493 e.